The van der Waals surface area contributed by atoms with Crippen LogP contribution in [0.15, 0.2) is 64.5 Å². The Hall–Kier alpha value is -3.05. The number of hydrazine groups is 1. The smallest absolute Gasteiger partial charge is 0.276 e. The van der Waals surface area contributed by atoms with Crippen LogP contribution < -0.4 is 20.3 Å². The van der Waals surface area contributed by atoms with E-state index in [1.54, 1.807) is 42.3 Å². The minimum Gasteiger partial charge on any atom is -0.497 e. The topological polar surface area (TPSA) is 107 Å². The molecule has 0 bridgehead atoms. The molecule has 1 aromatic heterocycles. The molecule has 0 unspecified atom stereocenters. The monoisotopic (exact) mass is 491 g/mol. The van der Waals surface area contributed by atoms with Crippen LogP contribution in [0.1, 0.15) is 0 Å². The summed E-state index contributed by atoms with van der Waals surface area (Å²) in [6.07, 6.45) is 1.56. The van der Waals surface area contributed by atoms with Crippen molar-refractivity contribution in [2.75, 3.05) is 19.5 Å². The lowest BCUT2D eigenvalue weighted by Gasteiger charge is -2.09. The summed E-state index contributed by atoms with van der Waals surface area (Å²) in [7, 11) is 1.60. The molecule has 0 aliphatic carbocycles. The molecule has 9 nitrogen and oxygen atoms in total. The zero-order valence-corrected chi connectivity index (χ0v) is 18.3. The van der Waals surface area contributed by atoms with Crippen molar-refractivity contribution in [3.63, 3.8) is 0 Å². The van der Waals surface area contributed by atoms with E-state index in [1.807, 2.05) is 24.3 Å². The second-order valence-corrected chi connectivity index (χ2v) is 7.67. The highest BCUT2D eigenvalue weighted by Gasteiger charge is 2.11. The van der Waals surface area contributed by atoms with Gasteiger partial charge in [0.25, 0.3) is 5.91 Å². The van der Waals surface area contributed by atoms with Crippen molar-refractivity contribution >= 4 is 39.5 Å². The molecule has 2 amide bonds. The average Bonchev–Trinajstić information content (AvgIpc) is 3.24. The van der Waals surface area contributed by atoms with Crippen LogP contribution in [0.4, 0.5) is 0 Å². The Morgan fingerprint density at radius 1 is 1.03 bits per heavy atom. The Bertz CT molecular complexity index is 995. The lowest BCUT2D eigenvalue weighted by atomic mass is 10.3. The quantitative estimate of drug-likeness (QED) is 0.367. The Morgan fingerprint density at radius 3 is 2.40 bits per heavy atom. The first-order valence-corrected chi connectivity index (χ1v) is 10.5. The maximum Gasteiger partial charge on any atom is 0.276 e. The fraction of sp³-hybridized carbons (Fsp3) is 0.158. The molecule has 0 spiro atoms. The normalized spacial score (nSPS) is 10.3. The lowest BCUT2D eigenvalue weighted by molar-refractivity contribution is -0.128. The first-order chi connectivity index (χ1) is 14.5. The van der Waals surface area contributed by atoms with E-state index in [-0.39, 0.29) is 18.3 Å². The molecule has 1 heterocycles. The molecule has 0 aliphatic rings. The molecule has 0 aliphatic heterocycles. The molecule has 0 saturated heterocycles. The molecular weight excluding hydrogens is 474 g/mol. The van der Waals surface area contributed by atoms with Crippen LogP contribution in [-0.4, -0.2) is 46.0 Å². The van der Waals surface area contributed by atoms with Gasteiger partial charge in [-0.25, -0.2) is 0 Å². The number of hydrogen-bond donors (Lipinski definition) is 2. The van der Waals surface area contributed by atoms with E-state index in [0.717, 1.165) is 15.9 Å². The van der Waals surface area contributed by atoms with Crippen molar-refractivity contribution in [1.82, 2.24) is 25.6 Å². The number of rotatable bonds is 8. The van der Waals surface area contributed by atoms with Crippen molar-refractivity contribution in [3.05, 3.63) is 59.3 Å². The van der Waals surface area contributed by atoms with Crippen LogP contribution in [0.25, 0.3) is 5.69 Å². The third kappa shape index (κ3) is 6.22. The van der Waals surface area contributed by atoms with E-state index >= 15 is 0 Å². The van der Waals surface area contributed by atoms with Gasteiger partial charge in [0, 0.05) is 10.2 Å². The SMILES string of the molecule is COc1ccc(-n2cnnc2SCC(=O)NNC(=O)COc2ccc(Br)cc2)cc1. The number of nitrogens with one attached hydrogen (secondary N) is 2. The van der Waals surface area contributed by atoms with Gasteiger partial charge >= 0.3 is 0 Å². The fourth-order valence-electron chi connectivity index (χ4n) is 2.26. The molecular formula is C19H18BrN5O4S. The predicted molar refractivity (Wildman–Crippen MR) is 115 cm³/mol. The van der Waals surface area contributed by atoms with Gasteiger partial charge in [0.05, 0.1) is 12.9 Å². The molecule has 2 N–H and O–H groups in total. The van der Waals surface area contributed by atoms with Crippen molar-refractivity contribution < 1.29 is 19.1 Å². The maximum atomic E-state index is 12.0. The molecule has 0 atom stereocenters. The van der Waals surface area contributed by atoms with E-state index in [0.29, 0.717) is 10.9 Å². The minimum absolute atomic E-state index is 0.0443. The molecule has 0 fully saturated rings. The van der Waals surface area contributed by atoms with E-state index in [4.69, 9.17) is 9.47 Å². The van der Waals surface area contributed by atoms with Gasteiger partial charge in [-0.05, 0) is 48.5 Å². The summed E-state index contributed by atoms with van der Waals surface area (Å²) in [5, 5.41) is 8.46. The molecule has 3 aromatic rings. The van der Waals surface area contributed by atoms with E-state index in [2.05, 4.69) is 37.0 Å². The van der Waals surface area contributed by atoms with Crippen LogP contribution in [0.5, 0.6) is 11.5 Å². The summed E-state index contributed by atoms with van der Waals surface area (Å²) in [4.78, 5) is 23.8. The fourth-order valence-corrected chi connectivity index (χ4v) is 3.26. The highest BCUT2D eigenvalue weighted by Crippen LogP contribution is 2.21. The van der Waals surface area contributed by atoms with Gasteiger partial charge in [-0.2, -0.15) is 0 Å². The third-order valence-corrected chi connectivity index (χ3v) is 5.20. The van der Waals surface area contributed by atoms with E-state index < -0.39 is 5.91 Å². The Morgan fingerprint density at radius 2 is 1.70 bits per heavy atom. The lowest BCUT2D eigenvalue weighted by Crippen LogP contribution is -2.44. The predicted octanol–water partition coefficient (Wildman–Crippen LogP) is 2.36. The van der Waals surface area contributed by atoms with Gasteiger partial charge in [-0.3, -0.25) is 25.0 Å². The van der Waals surface area contributed by atoms with Crippen LogP contribution in [0.2, 0.25) is 0 Å². The summed E-state index contributed by atoms with van der Waals surface area (Å²) in [6.45, 7) is -0.221. The van der Waals surface area contributed by atoms with Gasteiger partial charge < -0.3 is 9.47 Å². The number of benzene rings is 2. The van der Waals surface area contributed by atoms with Crippen LogP contribution in [-0.2, 0) is 9.59 Å². The van der Waals surface area contributed by atoms with Crippen LogP contribution in [0, 0.1) is 0 Å². The number of thioether (sulfide) groups is 1. The molecule has 3 rings (SSSR count). The number of carbonyl (C=O) groups is 2. The molecule has 11 heteroatoms. The van der Waals surface area contributed by atoms with Crippen molar-refractivity contribution in [1.29, 1.82) is 0 Å². The molecule has 156 valence electrons. The van der Waals surface area contributed by atoms with Crippen molar-refractivity contribution in [2.45, 2.75) is 5.16 Å². The number of halogens is 1. The summed E-state index contributed by atoms with van der Waals surface area (Å²) in [5.74, 6) is 0.468. The Labute approximate surface area is 185 Å². The molecule has 0 radical (unpaired) electrons. The van der Waals surface area contributed by atoms with Gasteiger partial charge in [0.2, 0.25) is 5.91 Å². The maximum absolute atomic E-state index is 12.0. The number of nitrogens with zero attached hydrogens (tertiary/aromatic N) is 3. The first-order valence-electron chi connectivity index (χ1n) is 8.68. The minimum atomic E-state index is -0.474. The van der Waals surface area contributed by atoms with E-state index in [9.17, 15) is 9.59 Å². The van der Waals surface area contributed by atoms with Crippen molar-refractivity contribution in [2.24, 2.45) is 0 Å². The Kier molecular flexibility index (Phi) is 7.69. The summed E-state index contributed by atoms with van der Waals surface area (Å²) >= 11 is 4.51. The zero-order chi connectivity index (χ0) is 21.3. The Balaban J connectivity index is 1.43. The number of hydrogen-bond acceptors (Lipinski definition) is 7. The second kappa shape index (κ2) is 10.6. The van der Waals surface area contributed by atoms with Crippen molar-refractivity contribution in [3.8, 4) is 17.2 Å². The highest BCUT2D eigenvalue weighted by atomic mass is 79.9. The van der Waals surface area contributed by atoms with Crippen LogP contribution >= 0.6 is 27.7 Å². The number of methoxy groups -OCH3 is 1. The second-order valence-electron chi connectivity index (χ2n) is 5.81. The van der Waals surface area contributed by atoms with Gasteiger partial charge in [-0.15, -0.1) is 10.2 Å². The number of ether oxygens (including phenoxy) is 2. The van der Waals surface area contributed by atoms with E-state index in [1.165, 1.54) is 11.8 Å². The molecule has 2 aromatic carbocycles. The zero-order valence-electron chi connectivity index (χ0n) is 15.9. The summed E-state index contributed by atoms with van der Waals surface area (Å²) in [6, 6.07) is 14.4. The van der Waals surface area contributed by atoms with Gasteiger partial charge in [0.15, 0.2) is 11.8 Å². The average molecular weight is 492 g/mol. The summed E-state index contributed by atoms with van der Waals surface area (Å²) in [5.41, 5.74) is 5.49. The molecule has 0 saturated carbocycles. The first kappa shape index (κ1) is 21.7. The number of carbonyl (C=O) groups excluding carboxylic acids is 2. The van der Waals surface area contributed by atoms with Gasteiger partial charge in [0.1, 0.15) is 17.8 Å². The molecule has 30 heavy (non-hydrogen) atoms. The van der Waals surface area contributed by atoms with Crippen LogP contribution in [0.3, 0.4) is 0 Å². The standard InChI is InChI=1S/C19H18BrN5O4S/c1-28-15-8-4-14(5-9-15)25-12-21-24-19(25)30-11-18(27)23-22-17(26)10-29-16-6-2-13(20)3-7-16/h2-9,12H,10-11H2,1H3,(H,22,26)(H,23,27). The summed E-state index contributed by atoms with van der Waals surface area (Å²) < 4.78 is 13.1. The van der Waals surface area contributed by atoms with Gasteiger partial charge in [-0.1, -0.05) is 27.7 Å². The number of amides is 2. The largest absolute Gasteiger partial charge is 0.497 e. The third-order valence-electron chi connectivity index (χ3n) is 3.72. The number of aromatic nitrogens is 3. The highest BCUT2D eigenvalue weighted by molar-refractivity contribution is 9.10.